The molecule has 4 heteroatoms. The number of hydrogen-bond acceptors (Lipinski definition) is 0. The van der Waals surface area contributed by atoms with Crippen LogP contribution in [0.1, 0.15) is 0 Å². The SMILES string of the molecule is [Co].[Gd].[Gd].[Gd]. The average Bonchev–Trinajstić information content (AvgIpc) is 0. The molecule has 0 fully saturated rings. The van der Waals surface area contributed by atoms with Gasteiger partial charge in [0.25, 0.3) is 0 Å². The third-order valence-corrected chi connectivity index (χ3v) is 0. The van der Waals surface area contributed by atoms with E-state index in [2.05, 4.69) is 0 Å². The Balaban J connectivity index is 0. The molecule has 0 rings (SSSR count). The molecule has 0 saturated heterocycles. The Kier molecular flexibility index (Phi) is 92.5. The molecule has 0 saturated carbocycles. The molecular weight excluding hydrogens is 531 g/mol. The van der Waals surface area contributed by atoms with E-state index in [-0.39, 0.29) is 137 Å². The molecule has 0 spiro atoms. The van der Waals surface area contributed by atoms with Crippen molar-refractivity contribution in [1.82, 2.24) is 0 Å². The van der Waals surface area contributed by atoms with Crippen LogP contribution in [0, 0.1) is 120 Å². The molecular formula is CoGd3. The molecule has 0 bridgehead atoms. The molecule has 0 unspecified atom stereocenters. The summed E-state index contributed by atoms with van der Waals surface area (Å²) in [5, 5.41) is 0. The van der Waals surface area contributed by atoms with Gasteiger partial charge in [-0.3, -0.25) is 0 Å². The van der Waals surface area contributed by atoms with Crippen molar-refractivity contribution in [3.63, 3.8) is 0 Å². The van der Waals surface area contributed by atoms with Crippen molar-refractivity contribution >= 4 is 0 Å². The normalized spacial score (nSPS) is 0. The van der Waals surface area contributed by atoms with Gasteiger partial charge in [-0.25, -0.2) is 0 Å². The van der Waals surface area contributed by atoms with E-state index in [1.807, 2.05) is 0 Å². The van der Waals surface area contributed by atoms with Crippen molar-refractivity contribution in [3.05, 3.63) is 0 Å². The van der Waals surface area contributed by atoms with Gasteiger partial charge in [-0.05, 0) is 0 Å². The van der Waals surface area contributed by atoms with Crippen molar-refractivity contribution in [2.75, 3.05) is 0 Å². The van der Waals surface area contributed by atoms with Gasteiger partial charge < -0.3 is 0 Å². The van der Waals surface area contributed by atoms with Crippen molar-refractivity contribution < 1.29 is 137 Å². The summed E-state index contributed by atoms with van der Waals surface area (Å²) in [5.74, 6) is 0. The zero-order valence-corrected chi connectivity index (χ0v) is 9.24. The third kappa shape index (κ3) is 9.70. The maximum atomic E-state index is 0. The molecule has 0 aliphatic carbocycles. The molecule has 0 N–H and O–H groups in total. The van der Waals surface area contributed by atoms with E-state index in [0.717, 1.165) is 0 Å². The van der Waals surface area contributed by atoms with Gasteiger partial charge in [0.2, 0.25) is 0 Å². The molecule has 33 valence electrons. The van der Waals surface area contributed by atoms with Gasteiger partial charge >= 0.3 is 0 Å². The van der Waals surface area contributed by atoms with Crippen molar-refractivity contribution in [2.45, 2.75) is 0 Å². The number of rotatable bonds is 0. The first-order chi connectivity index (χ1) is 0. The predicted octanol–water partition coefficient (Wildman–Crippen LogP) is -0.00250. The van der Waals surface area contributed by atoms with Crippen LogP contribution in [0.5, 0.6) is 0 Å². The minimum absolute atomic E-state index is 0. The fraction of sp³-hybridized carbons (Fsp3) is 0. The molecule has 0 aliphatic heterocycles. The maximum Gasteiger partial charge on any atom is 0 e. The maximum absolute atomic E-state index is 0. The molecule has 0 amide bonds. The third-order valence-electron chi connectivity index (χ3n) is 0. The Morgan fingerprint density at radius 1 is 0.500 bits per heavy atom. The van der Waals surface area contributed by atoms with Gasteiger partial charge in [-0.1, -0.05) is 0 Å². The first-order valence-corrected chi connectivity index (χ1v) is 0. The summed E-state index contributed by atoms with van der Waals surface area (Å²) >= 11 is 0. The van der Waals surface area contributed by atoms with E-state index in [0.29, 0.717) is 0 Å². The smallest absolute Gasteiger partial charge is 0 e. The Morgan fingerprint density at radius 3 is 0.500 bits per heavy atom. The van der Waals surface area contributed by atoms with Crippen LogP contribution in [0.3, 0.4) is 0 Å². The van der Waals surface area contributed by atoms with Gasteiger partial charge in [0.05, 0.1) is 0 Å². The van der Waals surface area contributed by atoms with E-state index >= 15 is 0 Å². The van der Waals surface area contributed by atoms with Gasteiger partial charge in [0.1, 0.15) is 0 Å². The largest absolute Gasteiger partial charge is 0 e. The monoisotopic (exact) mass is 533 g/mol. The van der Waals surface area contributed by atoms with Crippen LogP contribution < -0.4 is 0 Å². The first kappa shape index (κ1) is 23.6. The van der Waals surface area contributed by atoms with Crippen LogP contribution in [-0.2, 0) is 16.8 Å². The second kappa shape index (κ2) is 15.6. The molecule has 1 radical (unpaired) electrons. The second-order valence-corrected chi connectivity index (χ2v) is 0. The van der Waals surface area contributed by atoms with Crippen LogP contribution in [0.15, 0.2) is 0 Å². The van der Waals surface area contributed by atoms with Crippen LogP contribution >= 0.6 is 0 Å². The minimum atomic E-state index is 0. The van der Waals surface area contributed by atoms with E-state index < -0.39 is 0 Å². The second-order valence-electron chi connectivity index (χ2n) is 0. The molecule has 0 aliphatic rings. The van der Waals surface area contributed by atoms with Crippen molar-refractivity contribution in [2.24, 2.45) is 0 Å². The van der Waals surface area contributed by atoms with E-state index in [1.54, 1.807) is 0 Å². The van der Waals surface area contributed by atoms with Gasteiger partial charge in [-0.15, -0.1) is 0 Å². The summed E-state index contributed by atoms with van der Waals surface area (Å²) in [6.07, 6.45) is 0. The fourth-order valence-electron chi connectivity index (χ4n) is 0. The first-order valence-electron chi connectivity index (χ1n) is 0. The van der Waals surface area contributed by atoms with Gasteiger partial charge in [-0.2, -0.15) is 0 Å². The molecule has 0 atom stereocenters. The number of hydrogen-bond donors (Lipinski definition) is 0. The summed E-state index contributed by atoms with van der Waals surface area (Å²) in [6, 6.07) is 0. The zero-order valence-electron chi connectivity index (χ0n) is 1.39. The van der Waals surface area contributed by atoms with Crippen molar-refractivity contribution in [3.8, 4) is 0 Å². The predicted molar refractivity (Wildman–Crippen MR) is 0 cm³/mol. The average molecular weight is 531 g/mol. The van der Waals surface area contributed by atoms with Gasteiger partial charge in [0, 0.05) is 137 Å². The van der Waals surface area contributed by atoms with Crippen LogP contribution in [0.4, 0.5) is 0 Å². The molecule has 0 aromatic heterocycles. The molecule has 0 heterocycles. The standard InChI is InChI=1S/Co.3Gd. The summed E-state index contributed by atoms with van der Waals surface area (Å²) in [6.45, 7) is 0. The quantitative estimate of drug-likeness (QED) is 0.414. The van der Waals surface area contributed by atoms with Crippen LogP contribution in [-0.4, -0.2) is 0 Å². The fourth-order valence-corrected chi connectivity index (χ4v) is 0. The topological polar surface area (TPSA) is 0 Å². The molecule has 0 nitrogen and oxygen atoms in total. The summed E-state index contributed by atoms with van der Waals surface area (Å²) < 4.78 is 0. The van der Waals surface area contributed by atoms with E-state index in [9.17, 15) is 0 Å². The van der Waals surface area contributed by atoms with Crippen LogP contribution in [0.25, 0.3) is 0 Å². The minimum Gasteiger partial charge on any atom is 0 e. The van der Waals surface area contributed by atoms with E-state index in [4.69, 9.17) is 0 Å². The van der Waals surface area contributed by atoms with Crippen LogP contribution in [0.2, 0.25) is 0 Å². The zero-order chi connectivity index (χ0) is 0. The Hall–Kier alpha value is 4.48. The Bertz CT molecular complexity index is 3.25. The molecule has 0 aromatic rings. The molecule has 4 heavy (non-hydrogen) atoms. The summed E-state index contributed by atoms with van der Waals surface area (Å²) in [4.78, 5) is 0. The summed E-state index contributed by atoms with van der Waals surface area (Å²) in [5.41, 5.74) is 0. The van der Waals surface area contributed by atoms with E-state index in [1.165, 1.54) is 0 Å². The Labute approximate surface area is 132 Å². The summed E-state index contributed by atoms with van der Waals surface area (Å²) in [7, 11) is 0. The van der Waals surface area contributed by atoms with Gasteiger partial charge in [0.15, 0.2) is 0 Å². The Morgan fingerprint density at radius 2 is 0.500 bits per heavy atom. The molecule has 0 aromatic carbocycles. The van der Waals surface area contributed by atoms with Crippen molar-refractivity contribution in [1.29, 1.82) is 0 Å².